The molecule has 0 bridgehead atoms. The molecule has 1 saturated carbocycles. The van der Waals surface area contributed by atoms with Gasteiger partial charge in [-0.05, 0) is 25.2 Å². The fourth-order valence-electron chi connectivity index (χ4n) is 2.73. The highest BCUT2D eigenvalue weighted by molar-refractivity contribution is 5.81. The Kier molecular flexibility index (Phi) is 7.28. The van der Waals surface area contributed by atoms with Gasteiger partial charge < -0.3 is 15.4 Å². The fourth-order valence-corrected chi connectivity index (χ4v) is 2.73. The molecule has 1 fully saturated rings. The molecule has 0 aromatic heterocycles. The summed E-state index contributed by atoms with van der Waals surface area (Å²) in [6.45, 7) is 4.10. The number of amides is 1. The molecule has 18 heavy (non-hydrogen) atoms. The second-order valence-corrected chi connectivity index (χ2v) is 5.35. The molecule has 1 aliphatic rings. The maximum Gasteiger partial charge on any atom is 0.241 e. The number of nitrogens with zero attached hydrogens (tertiary/aromatic N) is 1. The number of methoxy groups -OCH3 is 1. The molecule has 0 spiro atoms. The first-order valence-electron chi connectivity index (χ1n) is 7.22. The summed E-state index contributed by atoms with van der Waals surface area (Å²) in [6, 6.07) is -0.509. The second-order valence-electron chi connectivity index (χ2n) is 5.35. The maximum atomic E-state index is 12.2. The minimum absolute atomic E-state index is 0.0456. The number of carbonyl (C=O) groups is 1. The van der Waals surface area contributed by atoms with Crippen molar-refractivity contribution in [3.05, 3.63) is 0 Å². The van der Waals surface area contributed by atoms with E-state index in [0.717, 1.165) is 19.5 Å². The lowest BCUT2D eigenvalue weighted by atomic mass is 9.89. The van der Waals surface area contributed by atoms with Crippen molar-refractivity contribution in [3.8, 4) is 0 Å². The van der Waals surface area contributed by atoms with E-state index in [1.165, 1.54) is 32.1 Å². The summed E-state index contributed by atoms with van der Waals surface area (Å²) in [5, 5.41) is 0. The average molecular weight is 256 g/mol. The largest absolute Gasteiger partial charge is 0.383 e. The standard InChI is InChI=1S/C14H28N2O2/c1-3-9-16(14(17)13(15)11-18-2)10-12-7-5-4-6-8-12/h12-13H,3-11,15H2,1-2H3. The van der Waals surface area contributed by atoms with Gasteiger partial charge in [-0.3, -0.25) is 4.79 Å². The van der Waals surface area contributed by atoms with Crippen molar-refractivity contribution in [3.63, 3.8) is 0 Å². The zero-order valence-electron chi connectivity index (χ0n) is 11.9. The van der Waals surface area contributed by atoms with E-state index in [1.54, 1.807) is 7.11 Å². The topological polar surface area (TPSA) is 55.6 Å². The molecule has 1 aliphatic carbocycles. The van der Waals surface area contributed by atoms with Gasteiger partial charge in [-0.15, -0.1) is 0 Å². The number of carbonyl (C=O) groups excluding carboxylic acids is 1. The summed E-state index contributed by atoms with van der Waals surface area (Å²) in [5.41, 5.74) is 5.85. The summed E-state index contributed by atoms with van der Waals surface area (Å²) >= 11 is 0. The fraction of sp³-hybridized carbons (Fsp3) is 0.929. The Morgan fingerprint density at radius 1 is 1.39 bits per heavy atom. The van der Waals surface area contributed by atoms with Gasteiger partial charge in [0.05, 0.1) is 6.61 Å². The molecule has 0 radical (unpaired) electrons. The summed E-state index contributed by atoms with van der Waals surface area (Å²) in [5.74, 6) is 0.716. The molecule has 0 aromatic rings. The van der Waals surface area contributed by atoms with Crippen LogP contribution >= 0.6 is 0 Å². The third-order valence-electron chi connectivity index (χ3n) is 3.67. The van der Waals surface area contributed by atoms with E-state index >= 15 is 0 Å². The van der Waals surface area contributed by atoms with Crippen molar-refractivity contribution in [1.82, 2.24) is 4.90 Å². The van der Waals surface area contributed by atoms with Crippen LogP contribution in [0, 0.1) is 5.92 Å². The van der Waals surface area contributed by atoms with Gasteiger partial charge in [0, 0.05) is 20.2 Å². The Labute approximate surface area is 111 Å². The number of hydrogen-bond acceptors (Lipinski definition) is 3. The lowest BCUT2D eigenvalue weighted by molar-refractivity contribution is -0.134. The van der Waals surface area contributed by atoms with Gasteiger partial charge in [-0.25, -0.2) is 0 Å². The Balaban J connectivity index is 2.48. The summed E-state index contributed by atoms with van der Waals surface area (Å²) in [6.07, 6.45) is 7.46. The number of hydrogen-bond donors (Lipinski definition) is 1. The molecule has 4 nitrogen and oxygen atoms in total. The monoisotopic (exact) mass is 256 g/mol. The number of rotatable bonds is 7. The van der Waals surface area contributed by atoms with E-state index in [-0.39, 0.29) is 5.91 Å². The number of nitrogens with two attached hydrogens (primary N) is 1. The summed E-state index contributed by atoms with van der Waals surface area (Å²) in [4.78, 5) is 14.2. The zero-order valence-corrected chi connectivity index (χ0v) is 11.9. The smallest absolute Gasteiger partial charge is 0.241 e. The molecule has 0 aliphatic heterocycles. The van der Waals surface area contributed by atoms with Crippen molar-refractivity contribution < 1.29 is 9.53 Å². The normalized spacial score (nSPS) is 18.6. The predicted molar refractivity (Wildman–Crippen MR) is 73.3 cm³/mol. The van der Waals surface area contributed by atoms with Gasteiger partial charge >= 0.3 is 0 Å². The van der Waals surface area contributed by atoms with E-state index in [0.29, 0.717) is 12.5 Å². The Morgan fingerprint density at radius 3 is 2.61 bits per heavy atom. The van der Waals surface area contributed by atoms with Crippen molar-refractivity contribution in [2.75, 3.05) is 26.8 Å². The zero-order chi connectivity index (χ0) is 13.4. The Bertz CT molecular complexity index is 240. The van der Waals surface area contributed by atoms with Crippen LogP contribution in [0.4, 0.5) is 0 Å². The molecule has 1 unspecified atom stereocenters. The highest BCUT2D eigenvalue weighted by Crippen LogP contribution is 2.24. The van der Waals surface area contributed by atoms with E-state index in [1.807, 2.05) is 4.90 Å². The first-order valence-corrected chi connectivity index (χ1v) is 7.22. The van der Waals surface area contributed by atoms with E-state index in [2.05, 4.69) is 6.92 Å². The molecule has 4 heteroatoms. The first-order chi connectivity index (χ1) is 8.69. The van der Waals surface area contributed by atoms with Crippen LogP contribution in [0.25, 0.3) is 0 Å². The van der Waals surface area contributed by atoms with Gasteiger partial charge in [0.1, 0.15) is 6.04 Å². The van der Waals surface area contributed by atoms with Crippen LogP contribution in [0.15, 0.2) is 0 Å². The molecule has 0 saturated heterocycles. The van der Waals surface area contributed by atoms with Crippen molar-refractivity contribution in [1.29, 1.82) is 0 Å². The van der Waals surface area contributed by atoms with Crippen LogP contribution in [-0.4, -0.2) is 43.7 Å². The van der Waals surface area contributed by atoms with Gasteiger partial charge in [-0.1, -0.05) is 26.2 Å². The molecule has 1 amide bonds. The lowest BCUT2D eigenvalue weighted by Crippen LogP contribution is -2.48. The Hall–Kier alpha value is -0.610. The van der Waals surface area contributed by atoms with Crippen LogP contribution in [0.5, 0.6) is 0 Å². The summed E-state index contributed by atoms with van der Waals surface area (Å²) < 4.78 is 4.97. The quantitative estimate of drug-likeness (QED) is 0.755. The molecule has 1 rings (SSSR count). The van der Waals surface area contributed by atoms with Crippen LogP contribution in [0.2, 0.25) is 0 Å². The second kappa shape index (κ2) is 8.48. The minimum atomic E-state index is -0.509. The van der Waals surface area contributed by atoms with Crippen molar-refractivity contribution in [2.45, 2.75) is 51.5 Å². The molecule has 0 heterocycles. The molecule has 2 N–H and O–H groups in total. The van der Waals surface area contributed by atoms with Crippen molar-refractivity contribution >= 4 is 5.91 Å². The third-order valence-corrected chi connectivity index (χ3v) is 3.67. The first kappa shape index (κ1) is 15.4. The maximum absolute atomic E-state index is 12.2. The molecular weight excluding hydrogens is 228 g/mol. The summed E-state index contributed by atoms with van der Waals surface area (Å²) in [7, 11) is 1.58. The van der Waals surface area contributed by atoms with Crippen molar-refractivity contribution in [2.24, 2.45) is 11.7 Å². The van der Waals surface area contributed by atoms with E-state index in [4.69, 9.17) is 10.5 Å². The lowest BCUT2D eigenvalue weighted by Gasteiger charge is -2.31. The highest BCUT2D eigenvalue weighted by atomic mass is 16.5. The predicted octanol–water partition coefficient (Wildman–Crippen LogP) is 1.78. The number of ether oxygens (including phenoxy) is 1. The molecule has 0 aromatic carbocycles. The van der Waals surface area contributed by atoms with Crippen LogP contribution < -0.4 is 5.73 Å². The molecule has 106 valence electrons. The highest BCUT2D eigenvalue weighted by Gasteiger charge is 2.24. The van der Waals surface area contributed by atoms with Gasteiger partial charge in [0.2, 0.25) is 5.91 Å². The average Bonchev–Trinajstić information content (AvgIpc) is 2.39. The minimum Gasteiger partial charge on any atom is -0.383 e. The van der Waals surface area contributed by atoms with E-state index in [9.17, 15) is 4.79 Å². The van der Waals surface area contributed by atoms with Crippen LogP contribution in [0.3, 0.4) is 0 Å². The van der Waals surface area contributed by atoms with Gasteiger partial charge in [0.15, 0.2) is 0 Å². The Morgan fingerprint density at radius 2 is 2.06 bits per heavy atom. The van der Waals surface area contributed by atoms with Gasteiger partial charge in [0.25, 0.3) is 0 Å². The molecule has 1 atom stereocenters. The van der Waals surface area contributed by atoms with Crippen LogP contribution in [0.1, 0.15) is 45.4 Å². The van der Waals surface area contributed by atoms with Crippen LogP contribution in [-0.2, 0) is 9.53 Å². The molecular formula is C14H28N2O2. The third kappa shape index (κ3) is 4.94. The van der Waals surface area contributed by atoms with E-state index < -0.39 is 6.04 Å². The van der Waals surface area contributed by atoms with Gasteiger partial charge in [-0.2, -0.15) is 0 Å². The SMILES string of the molecule is CCCN(CC1CCCCC1)C(=O)C(N)COC.